The average Bonchev–Trinajstić information content (AvgIpc) is 2.70. The van der Waals surface area contributed by atoms with E-state index >= 15 is 0 Å². The molecule has 1 heterocycles. The fraction of sp³-hybridized carbons (Fsp3) is 0.875. The van der Waals surface area contributed by atoms with Gasteiger partial charge < -0.3 is 9.84 Å². The quantitative estimate of drug-likeness (QED) is 0.790. The molecule has 0 aliphatic heterocycles. The first-order chi connectivity index (χ1) is 9.30. The predicted octanol–water partition coefficient (Wildman–Crippen LogP) is 3.62. The maximum Gasteiger partial charge on any atom is 0.228 e. The van der Waals surface area contributed by atoms with E-state index in [1.807, 2.05) is 0 Å². The summed E-state index contributed by atoms with van der Waals surface area (Å²) in [5.41, 5.74) is 0.193. The highest BCUT2D eigenvalue weighted by Gasteiger charge is 2.18. The van der Waals surface area contributed by atoms with Crippen LogP contribution in [0.25, 0.3) is 0 Å². The summed E-state index contributed by atoms with van der Waals surface area (Å²) in [4.78, 5) is 4.53. The van der Waals surface area contributed by atoms with Crippen LogP contribution in [0.1, 0.15) is 66.1 Å². The summed E-state index contributed by atoms with van der Waals surface area (Å²) in [6, 6.07) is 0.429. The van der Waals surface area contributed by atoms with E-state index in [0.717, 1.165) is 43.9 Å². The van der Waals surface area contributed by atoms with Crippen molar-refractivity contribution in [3.8, 4) is 0 Å². The number of rotatable bonds is 8. The molecule has 0 bridgehead atoms. The van der Waals surface area contributed by atoms with Gasteiger partial charge in [-0.25, -0.2) is 0 Å². The van der Waals surface area contributed by atoms with E-state index < -0.39 is 0 Å². The smallest absolute Gasteiger partial charge is 0.228 e. The average molecular weight is 281 g/mol. The second kappa shape index (κ2) is 7.77. The van der Waals surface area contributed by atoms with Gasteiger partial charge in [0.2, 0.25) is 5.89 Å². The maximum atomic E-state index is 5.40. The molecule has 0 spiro atoms. The van der Waals surface area contributed by atoms with Crippen molar-refractivity contribution >= 4 is 0 Å². The molecule has 0 fully saturated rings. The van der Waals surface area contributed by atoms with Crippen molar-refractivity contribution in [1.82, 2.24) is 15.5 Å². The molecule has 4 heteroatoms. The fourth-order valence-corrected chi connectivity index (χ4v) is 2.29. The molecular weight excluding hydrogens is 250 g/mol. The van der Waals surface area contributed by atoms with Crippen molar-refractivity contribution in [2.45, 2.75) is 73.3 Å². The second-order valence-electron chi connectivity index (χ2n) is 7.33. The highest BCUT2D eigenvalue weighted by molar-refractivity contribution is 4.92. The van der Waals surface area contributed by atoms with Crippen LogP contribution in [-0.2, 0) is 12.8 Å². The van der Waals surface area contributed by atoms with E-state index in [1.54, 1.807) is 0 Å². The van der Waals surface area contributed by atoms with Gasteiger partial charge in [0, 0.05) is 18.9 Å². The first-order valence-electron chi connectivity index (χ1n) is 7.85. The molecule has 1 aromatic rings. The molecule has 1 N–H and O–H groups in total. The van der Waals surface area contributed by atoms with E-state index in [1.165, 1.54) is 0 Å². The highest BCUT2D eigenvalue weighted by atomic mass is 16.5. The molecule has 0 saturated heterocycles. The third-order valence-electron chi connectivity index (χ3n) is 3.06. The number of hydrogen-bond donors (Lipinski definition) is 1. The molecule has 0 aromatic carbocycles. The lowest BCUT2D eigenvalue weighted by molar-refractivity contribution is 0.329. The normalized spacial score (nSPS) is 13.9. The van der Waals surface area contributed by atoms with Crippen molar-refractivity contribution in [1.29, 1.82) is 0 Å². The fourth-order valence-electron chi connectivity index (χ4n) is 2.29. The van der Waals surface area contributed by atoms with Crippen molar-refractivity contribution in [2.75, 3.05) is 6.54 Å². The Labute approximate surface area is 123 Å². The molecule has 0 saturated carbocycles. The van der Waals surface area contributed by atoms with E-state index in [-0.39, 0.29) is 5.41 Å². The predicted molar refractivity (Wildman–Crippen MR) is 82.7 cm³/mol. The summed E-state index contributed by atoms with van der Waals surface area (Å²) in [5.74, 6) is 2.26. The van der Waals surface area contributed by atoms with Gasteiger partial charge >= 0.3 is 0 Å². The Morgan fingerprint density at radius 3 is 2.50 bits per heavy atom. The molecule has 0 aliphatic rings. The third kappa shape index (κ3) is 7.04. The molecule has 1 atom stereocenters. The Bertz CT molecular complexity index is 379. The monoisotopic (exact) mass is 281 g/mol. The van der Waals surface area contributed by atoms with Gasteiger partial charge in [-0.15, -0.1) is 0 Å². The van der Waals surface area contributed by atoms with Crippen LogP contribution < -0.4 is 5.32 Å². The van der Waals surface area contributed by atoms with Gasteiger partial charge in [-0.3, -0.25) is 0 Å². The molecule has 0 amide bonds. The van der Waals surface area contributed by atoms with Gasteiger partial charge in [0.25, 0.3) is 0 Å². The van der Waals surface area contributed by atoms with Gasteiger partial charge in [-0.05, 0) is 30.7 Å². The van der Waals surface area contributed by atoms with E-state index in [2.05, 4.69) is 57.0 Å². The third-order valence-corrected chi connectivity index (χ3v) is 3.06. The largest absolute Gasteiger partial charge is 0.339 e. The Hall–Kier alpha value is -0.900. The van der Waals surface area contributed by atoms with E-state index in [0.29, 0.717) is 12.0 Å². The van der Waals surface area contributed by atoms with Gasteiger partial charge in [0.15, 0.2) is 5.82 Å². The summed E-state index contributed by atoms with van der Waals surface area (Å²) in [7, 11) is 0. The minimum atomic E-state index is 0.193. The lowest BCUT2D eigenvalue weighted by atomic mass is 9.92. The summed E-state index contributed by atoms with van der Waals surface area (Å²) in [5, 5.41) is 7.68. The summed E-state index contributed by atoms with van der Waals surface area (Å²) in [6.45, 7) is 14.3. The summed E-state index contributed by atoms with van der Waals surface area (Å²) < 4.78 is 5.40. The Kier molecular flexibility index (Phi) is 6.66. The van der Waals surface area contributed by atoms with Crippen LogP contribution in [0.3, 0.4) is 0 Å². The van der Waals surface area contributed by atoms with Gasteiger partial charge in [-0.1, -0.05) is 46.7 Å². The first-order valence-corrected chi connectivity index (χ1v) is 7.85. The number of hydrogen-bond acceptors (Lipinski definition) is 4. The zero-order valence-corrected chi connectivity index (χ0v) is 14.0. The van der Waals surface area contributed by atoms with Crippen LogP contribution in [-0.4, -0.2) is 22.7 Å². The topological polar surface area (TPSA) is 51.0 Å². The number of nitrogens with zero attached hydrogens (tertiary/aromatic N) is 2. The van der Waals surface area contributed by atoms with Crippen LogP contribution in [0.4, 0.5) is 0 Å². The molecule has 1 rings (SSSR count). The molecular formula is C16H31N3O. The van der Waals surface area contributed by atoms with Crippen molar-refractivity contribution in [3.63, 3.8) is 0 Å². The molecule has 116 valence electrons. The minimum Gasteiger partial charge on any atom is -0.339 e. The molecule has 1 aromatic heterocycles. The van der Waals surface area contributed by atoms with Crippen LogP contribution in [0.2, 0.25) is 0 Å². The van der Waals surface area contributed by atoms with Crippen molar-refractivity contribution in [2.24, 2.45) is 11.3 Å². The lowest BCUT2D eigenvalue weighted by Crippen LogP contribution is -2.33. The molecule has 20 heavy (non-hydrogen) atoms. The lowest BCUT2D eigenvalue weighted by Gasteiger charge is -2.18. The number of aromatic nitrogens is 2. The highest BCUT2D eigenvalue weighted by Crippen LogP contribution is 2.19. The Morgan fingerprint density at radius 2 is 1.95 bits per heavy atom. The standard InChI is InChI=1S/C16H31N3O/c1-7-8-17-13(9-12(2)3)10-15-18-14(19-20-15)11-16(4,5)6/h12-13,17H,7-11H2,1-6H3. The SMILES string of the molecule is CCCNC(Cc1nc(CC(C)(C)C)no1)CC(C)C. The summed E-state index contributed by atoms with van der Waals surface area (Å²) >= 11 is 0. The molecule has 4 nitrogen and oxygen atoms in total. The van der Waals surface area contributed by atoms with Crippen molar-refractivity contribution < 1.29 is 4.52 Å². The number of nitrogens with one attached hydrogen (secondary N) is 1. The first kappa shape index (κ1) is 17.2. The van der Waals surface area contributed by atoms with E-state index in [9.17, 15) is 0 Å². The van der Waals surface area contributed by atoms with Crippen LogP contribution >= 0.6 is 0 Å². The second-order valence-corrected chi connectivity index (χ2v) is 7.33. The zero-order valence-electron chi connectivity index (χ0n) is 14.0. The van der Waals surface area contributed by atoms with Crippen LogP contribution in [0.15, 0.2) is 4.52 Å². The molecule has 0 radical (unpaired) electrons. The van der Waals surface area contributed by atoms with Gasteiger partial charge in [-0.2, -0.15) is 4.98 Å². The van der Waals surface area contributed by atoms with Crippen molar-refractivity contribution in [3.05, 3.63) is 11.7 Å². The van der Waals surface area contributed by atoms with E-state index in [4.69, 9.17) is 4.52 Å². The minimum absolute atomic E-state index is 0.193. The van der Waals surface area contributed by atoms with Crippen LogP contribution in [0, 0.1) is 11.3 Å². The maximum absolute atomic E-state index is 5.40. The Morgan fingerprint density at radius 1 is 1.25 bits per heavy atom. The van der Waals surface area contributed by atoms with Gasteiger partial charge in [0.1, 0.15) is 0 Å². The van der Waals surface area contributed by atoms with Crippen LogP contribution in [0.5, 0.6) is 0 Å². The van der Waals surface area contributed by atoms with Gasteiger partial charge in [0.05, 0.1) is 0 Å². The summed E-state index contributed by atoms with van der Waals surface area (Å²) in [6.07, 6.45) is 3.97. The Balaban J connectivity index is 2.59. The molecule has 0 aliphatic carbocycles. The molecule has 1 unspecified atom stereocenters. The zero-order chi connectivity index (χ0) is 15.2.